The average Bonchev–Trinajstić information content (AvgIpc) is 3.06. The number of sulfonamides is 1. The summed E-state index contributed by atoms with van der Waals surface area (Å²) in [6, 6.07) is 25.9. The molecule has 4 aromatic rings. The van der Waals surface area contributed by atoms with Crippen molar-refractivity contribution in [2.24, 2.45) is 0 Å². The van der Waals surface area contributed by atoms with Crippen LogP contribution in [-0.4, -0.2) is 58.0 Å². The molecule has 0 fully saturated rings. The molecule has 46 heavy (non-hydrogen) atoms. The van der Waals surface area contributed by atoms with Crippen molar-refractivity contribution in [1.82, 2.24) is 10.2 Å². The highest BCUT2D eigenvalue weighted by atomic mass is 32.2. The average molecular weight is 648 g/mol. The first-order chi connectivity index (χ1) is 22.0. The van der Waals surface area contributed by atoms with E-state index in [0.717, 1.165) is 9.87 Å². The summed E-state index contributed by atoms with van der Waals surface area (Å²) in [4.78, 5) is 29.6. The monoisotopic (exact) mass is 647 g/mol. The number of nitrogens with one attached hydrogen (secondary N) is 1. The van der Waals surface area contributed by atoms with Crippen LogP contribution in [0.3, 0.4) is 0 Å². The molecule has 0 bridgehead atoms. The quantitative estimate of drug-likeness (QED) is 0.202. The van der Waals surface area contributed by atoms with Crippen molar-refractivity contribution in [3.63, 3.8) is 0 Å². The molecule has 0 spiro atoms. The van der Waals surface area contributed by atoms with Crippen LogP contribution in [0, 0.1) is 5.82 Å². The predicted octanol–water partition coefficient (Wildman–Crippen LogP) is 5.20. The lowest BCUT2D eigenvalue weighted by atomic mass is 10.0. The van der Waals surface area contributed by atoms with Gasteiger partial charge < -0.3 is 19.7 Å². The van der Waals surface area contributed by atoms with E-state index in [0.29, 0.717) is 11.3 Å². The maximum Gasteiger partial charge on any atom is 0.264 e. The molecule has 9 nitrogen and oxygen atoms in total. The summed E-state index contributed by atoms with van der Waals surface area (Å²) in [6.07, 6.45) is 0.161. The lowest BCUT2D eigenvalue weighted by Crippen LogP contribution is -2.54. The Kier molecular flexibility index (Phi) is 11.4. The zero-order valence-corrected chi connectivity index (χ0v) is 27.0. The van der Waals surface area contributed by atoms with E-state index >= 15 is 0 Å². The van der Waals surface area contributed by atoms with E-state index < -0.39 is 40.2 Å². The van der Waals surface area contributed by atoms with Crippen molar-refractivity contribution in [1.29, 1.82) is 0 Å². The third kappa shape index (κ3) is 8.42. The van der Waals surface area contributed by atoms with Gasteiger partial charge in [-0.05, 0) is 61.4 Å². The molecule has 0 radical (unpaired) electrons. The molecule has 0 aliphatic rings. The van der Waals surface area contributed by atoms with Crippen molar-refractivity contribution >= 4 is 27.5 Å². The number of nitrogens with zero attached hydrogens (tertiary/aromatic N) is 2. The van der Waals surface area contributed by atoms with Gasteiger partial charge in [0.05, 0.1) is 24.8 Å². The summed E-state index contributed by atoms with van der Waals surface area (Å²) in [5.74, 6) is -0.854. The van der Waals surface area contributed by atoms with Crippen molar-refractivity contribution in [3.8, 4) is 11.5 Å². The molecule has 2 amide bonds. The minimum Gasteiger partial charge on any atom is -0.493 e. The summed E-state index contributed by atoms with van der Waals surface area (Å²) < 4.78 is 53.9. The zero-order valence-electron chi connectivity index (χ0n) is 26.2. The maximum atomic E-state index is 14.5. The van der Waals surface area contributed by atoms with Gasteiger partial charge in [-0.1, -0.05) is 60.7 Å². The fourth-order valence-electron chi connectivity index (χ4n) is 4.95. The molecule has 4 rings (SSSR count). The second-order valence-electron chi connectivity index (χ2n) is 10.9. The molecular weight excluding hydrogens is 609 g/mol. The fraction of sp³-hybridized carbons (Fsp3) is 0.257. The number of carbonyl (C=O) groups is 2. The standard InChI is InChI=1S/C35H38FN3O6S/c1-25(2)37-35(41)31(21-26-11-7-5-8-12-26)38(23-27-15-17-28(36)18-16-27)34(40)24-39(46(42,43)30-13-9-6-10-14-30)29-19-20-32(44-3)33(22-29)45-4/h5-20,22,25,31H,21,23-24H2,1-4H3,(H,37,41). The molecule has 1 atom stereocenters. The van der Waals surface area contributed by atoms with Crippen molar-refractivity contribution in [3.05, 3.63) is 120 Å². The molecule has 0 saturated heterocycles. The highest BCUT2D eigenvalue weighted by Gasteiger charge is 2.35. The lowest BCUT2D eigenvalue weighted by molar-refractivity contribution is -0.140. The number of halogens is 1. The molecule has 0 aromatic heterocycles. The van der Waals surface area contributed by atoms with Crippen molar-refractivity contribution < 1.29 is 31.9 Å². The Hall–Kier alpha value is -4.90. The van der Waals surface area contributed by atoms with Gasteiger partial charge in [0.15, 0.2) is 11.5 Å². The topological polar surface area (TPSA) is 105 Å². The number of rotatable bonds is 14. The van der Waals surface area contributed by atoms with Gasteiger partial charge in [0, 0.05) is 25.1 Å². The van der Waals surface area contributed by atoms with Gasteiger partial charge in [-0.15, -0.1) is 0 Å². The molecule has 0 heterocycles. The van der Waals surface area contributed by atoms with Crippen LogP contribution >= 0.6 is 0 Å². The Morgan fingerprint density at radius 1 is 0.804 bits per heavy atom. The largest absolute Gasteiger partial charge is 0.493 e. The maximum absolute atomic E-state index is 14.5. The Balaban J connectivity index is 1.83. The third-order valence-corrected chi connectivity index (χ3v) is 9.02. The van der Waals surface area contributed by atoms with E-state index in [1.54, 1.807) is 24.3 Å². The zero-order chi connectivity index (χ0) is 33.3. The highest BCUT2D eigenvalue weighted by Crippen LogP contribution is 2.34. The van der Waals surface area contributed by atoms with Crippen LogP contribution < -0.4 is 19.1 Å². The van der Waals surface area contributed by atoms with E-state index in [4.69, 9.17) is 9.47 Å². The highest BCUT2D eigenvalue weighted by molar-refractivity contribution is 7.92. The van der Waals surface area contributed by atoms with Gasteiger partial charge >= 0.3 is 0 Å². The van der Waals surface area contributed by atoms with Gasteiger partial charge in [0.2, 0.25) is 11.8 Å². The number of anilines is 1. The smallest absolute Gasteiger partial charge is 0.264 e. The predicted molar refractivity (Wildman–Crippen MR) is 175 cm³/mol. The lowest BCUT2D eigenvalue weighted by Gasteiger charge is -2.34. The summed E-state index contributed by atoms with van der Waals surface area (Å²) in [7, 11) is -1.40. The van der Waals surface area contributed by atoms with Gasteiger partial charge in [-0.2, -0.15) is 0 Å². The first kappa shape index (κ1) is 34.0. The Bertz CT molecular complexity index is 1720. The van der Waals surface area contributed by atoms with Crippen LogP contribution in [-0.2, 0) is 32.6 Å². The molecule has 0 aliphatic heterocycles. The second-order valence-corrected chi connectivity index (χ2v) is 12.7. The molecule has 242 valence electrons. The number of hydrogen-bond donors (Lipinski definition) is 1. The number of amides is 2. The summed E-state index contributed by atoms with van der Waals surface area (Å²) in [6.45, 7) is 2.91. The van der Waals surface area contributed by atoms with Gasteiger partial charge in [0.25, 0.3) is 10.0 Å². The minimum absolute atomic E-state index is 0.0268. The van der Waals surface area contributed by atoms with Gasteiger partial charge in [-0.3, -0.25) is 13.9 Å². The minimum atomic E-state index is -4.29. The van der Waals surface area contributed by atoms with E-state index in [-0.39, 0.29) is 35.3 Å². The summed E-state index contributed by atoms with van der Waals surface area (Å²) in [5.41, 5.74) is 1.52. The van der Waals surface area contributed by atoms with E-state index in [9.17, 15) is 22.4 Å². The van der Waals surface area contributed by atoms with E-state index in [1.807, 2.05) is 44.2 Å². The van der Waals surface area contributed by atoms with E-state index in [1.165, 1.54) is 67.7 Å². The molecular formula is C35H38FN3O6S. The molecule has 4 aromatic carbocycles. The first-order valence-corrected chi connectivity index (χ1v) is 16.2. The third-order valence-electron chi connectivity index (χ3n) is 7.23. The van der Waals surface area contributed by atoms with Crippen LogP contribution in [0.1, 0.15) is 25.0 Å². The number of ether oxygens (including phenoxy) is 2. The Morgan fingerprint density at radius 2 is 1.41 bits per heavy atom. The normalized spacial score (nSPS) is 11.9. The second kappa shape index (κ2) is 15.4. The van der Waals surface area contributed by atoms with Crippen LogP contribution in [0.15, 0.2) is 108 Å². The van der Waals surface area contributed by atoms with E-state index in [2.05, 4.69) is 5.32 Å². The molecule has 1 unspecified atom stereocenters. The SMILES string of the molecule is COc1ccc(N(CC(=O)N(Cc2ccc(F)cc2)C(Cc2ccccc2)C(=O)NC(C)C)S(=O)(=O)c2ccccc2)cc1OC. The number of methoxy groups -OCH3 is 2. The molecule has 0 saturated carbocycles. The van der Waals surface area contributed by atoms with Crippen LogP contribution in [0.2, 0.25) is 0 Å². The van der Waals surface area contributed by atoms with Crippen LogP contribution in [0.4, 0.5) is 10.1 Å². The van der Waals surface area contributed by atoms with Crippen LogP contribution in [0.5, 0.6) is 11.5 Å². The Morgan fingerprint density at radius 3 is 2.00 bits per heavy atom. The number of carbonyl (C=O) groups excluding carboxylic acids is 2. The Labute approximate surface area is 269 Å². The van der Waals surface area contributed by atoms with Crippen molar-refractivity contribution in [2.45, 2.75) is 43.8 Å². The molecule has 0 aliphatic carbocycles. The van der Waals surface area contributed by atoms with Gasteiger partial charge in [-0.25, -0.2) is 12.8 Å². The fourth-order valence-corrected chi connectivity index (χ4v) is 6.38. The number of benzene rings is 4. The van der Waals surface area contributed by atoms with Gasteiger partial charge in [0.1, 0.15) is 18.4 Å². The van der Waals surface area contributed by atoms with Crippen LogP contribution in [0.25, 0.3) is 0 Å². The number of hydrogen-bond acceptors (Lipinski definition) is 6. The van der Waals surface area contributed by atoms with Crippen molar-refractivity contribution in [2.75, 3.05) is 25.1 Å². The summed E-state index contributed by atoms with van der Waals surface area (Å²) in [5, 5.41) is 2.91. The first-order valence-electron chi connectivity index (χ1n) is 14.7. The summed E-state index contributed by atoms with van der Waals surface area (Å²) >= 11 is 0. The molecule has 1 N–H and O–H groups in total. The molecule has 11 heteroatoms.